The number of halogens is 3. The van der Waals surface area contributed by atoms with Crippen molar-refractivity contribution in [3.8, 4) is 0 Å². The maximum absolute atomic E-state index is 16.8. The van der Waals surface area contributed by atoms with E-state index in [2.05, 4.69) is 67.3 Å². The van der Waals surface area contributed by atoms with Gasteiger partial charge in [-0.3, -0.25) is 49.9 Å². The second kappa shape index (κ2) is 26.4. The zero-order valence-corrected chi connectivity index (χ0v) is 50.7. The molecule has 14 N–H and O–H groups in total. The molecule has 0 saturated carbocycles. The highest BCUT2D eigenvalue weighted by molar-refractivity contribution is 7.80. The van der Waals surface area contributed by atoms with Gasteiger partial charge in [-0.05, 0) is 17.9 Å². The number of fused-ring (bicyclic) bond motifs is 2. The average Bonchev–Trinajstić information content (AvgIpc) is 1.66. The van der Waals surface area contributed by atoms with Gasteiger partial charge in [-0.25, -0.2) is 75.6 Å². The Bertz CT molecular complexity index is 4180. The Morgan fingerprint density at radius 1 is 0.565 bits per heavy atom. The maximum atomic E-state index is 16.8. The normalized spacial score (nSPS) is 30.5. The van der Waals surface area contributed by atoms with E-state index in [1.807, 2.05) is 0 Å². The zero-order chi connectivity index (χ0) is 65.9. The second-order valence-electron chi connectivity index (χ2n) is 20.3. The summed E-state index contributed by atoms with van der Waals surface area (Å²) in [4.78, 5) is 109. The molecule has 7 aromatic rings. The topological polar surface area (TPSA) is 583 Å². The van der Waals surface area contributed by atoms with E-state index in [-0.39, 0.29) is 45.6 Å². The number of aliphatic hydroxyl groups excluding tert-OH is 1. The number of nitrogens with two attached hydrogens (primary N) is 4. The van der Waals surface area contributed by atoms with Gasteiger partial charge in [0, 0.05) is 25.0 Å². The molecule has 3 unspecified atom stereocenters. The molecule has 4 aliphatic heterocycles. The van der Waals surface area contributed by atoms with Gasteiger partial charge in [-0.15, -0.1) is 5.10 Å². The number of ether oxygens (including phenoxy) is 4. The Balaban J connectivity index is 0.809. The van der Waals surface area contributed by atoms with Crippen LogP contribution in [-0.4, -0.2) is 202 Å². The minimum atomic E-state index is -5.93. The Labute approximate surface area is 515 Å². The van der Waals surface area contributed by atoms with Crippen LogP contribution in [0.3, 0.4) is 0 Å². The lowest BCUT2D eigenvalue weighted by molar-refractivity contribution is -0.0638. The molecule has 0 bridgehead atoms. The first-order valence-corrected chi connectivity index (χ1v) is 33.1. The molecule has 11 heterocycles. The van der Waals surface area contributed by atoms with Crippen molar-refractivity contribution in [3.05, 3.63) is 82.7 Å². The summed E-state index contributed by atoms with van der Waals surface area (Å²) in [5.41, 5.74) is 21.1. The van der Waals surface area contributed by atoms with Crippen molar-refractivity contribution in [1.82, 2.24) is 73.1 Å². The van der Waals surface area contributed by atoms with Crippen molar-refractivity contribution in [2.45, 2.75) is 105 Å². The number of imidazole rings is 2. The molecule has 7 aromatic heterocycles. The molecule has 4 saturated heterocycles. The number of aromatic nitrogens is 15. The molecule has 4 aliphatic rings. The van der Waals surface area contributed by atoms with Gasteiger partial charge < -0.3 is 71.5 Å². The highest BCUT2D eigenvalue weighted by atomic mass is 32.1. The molecule has 4 fully saturated rings. The van der Waals surface area contributed by atoms with E-state index in [9.17, 15) is 57.4 Å². The van der Waals surface area contributed by atoms with Gasteiger partial charge in [-0.1, -0.05) is 5.21 Å². The lowest BCUT2D eigenvalue weighted by Gasteiger charge is -2.26. The number of hydrogen-bond donors (Lipinski definition) is 11. The fraction of sp³-hybridized carbons (Fsp3) is 0.524. The number of phosphoric acid groups is 4. The predicted octanol–water partition coefficient (Wildman–Crippen LogP) is -1.61. The first kappa shape index (κ1) is 67.0. The number of aryl methyl sites for hydroxylation is 1. The number of rotatable bonds is 25. The van der Waals surface area contributed by atoms with Crippen LogP contribution in [0.5, 0.6) is 0 Å². The lowest BCUT2D eigenvalue weighted by Crippen LogP contribution is -2.37. The van der Waals surface area contributed by atoms with Crippen LogP contribution in [0.25, 0.3) is 22.3 Å². The number of thiol groups is 1. The van der Waals surface area contributed by atoms with Crippen molar-refractivity contribution in [1.29, 1.82) is 0 Å². The van der Waals surface area contributed by atoms with Crippen molar-refractivity contribution < 1.29 is 112 Å². The number of anilines is 4. The van der Waals surface area contributed by atoms with Crippen molar-refractivity contribution in [3.63, 3.8) is 0 Å². The summed E-state index contributed by atoms with van der Waals surface area (Å²) in [6.45, 7) is -5.05. The molecular weight excluding hydrogens is 1350 g/mol. The van der Waals surface area contributed by atoms with Crippen LogP contribution in [0.2, 0.25) is 0 Å². The minimum absolute atomic E-state index is 0.0119. The highest BCUT2D eigenvalue weighted by Gasteiger charge is 2.56. The second-order valence-corrected chi connectivity index (χ2v) is 26.2. The Kier molecular flexibility index (Phi) is 19.2. The van der Waals surface area contributed by atoms with E-state index >= 15 is 13.2 Å². The molecule has 92 heavy (non-hydrogen) atoms. The molecule has 0 aliphatic carbocycles. The van der Waals surface area contributed by atoms with Crippen molar-refractivity contribution in [2.75, 3.05) is 55.1 Å². The fourth-order valence-corrected chi connectivity index (χ4v) is 13.6. The third-order valence-corrected chi connectivity index (χ3v) is 18.0. The number of alkyl halides is 3. The van der Waals surface area contributed by atoms with E-state index in [0.717, 1.165) is 48.1 Å². The summed E-state index contributed by atoms with van der Waals surface area (Å²) in [6.07, 6.45) is -24.4. The summed E-state index contributed by atoms with van der Waals surface area (Å²) in [5, 5.41) is 20.0. The lowest BCUT2D eigenvalue weighted by atomic mass is 10.1. The summed E-state index contributed by atoms with van der Waals surface area (Å²) >= 11 is 4.22. The molecule has 0 radical (unpaired) electrons. The van der Waals surface area contributed by atoms with Crippen LogP contribution in [0.4, 0.5) is 36.4 Å². The number of nitrogen functional groups attached to an aromatic ring is 4. The zero-order valence-electron chi connectivity index (χ0n) is 46.2. The number of aliphatic hydroxyl groups is 1. The number of phosphoric ester groups is 4. The Morgan fingerprint density at radius 3 is 1.39 bits per heavy atom. The van der Waals surface area contributed by atoms with Crippen LogP contribution in [0, 0.1) is 0 Å². The standard InChI is InChI=1S/C42H52F3N19O23P4S/c43-23-31(86-89(71,72)78-8-17-29(65)28(64-7-16(3-6-92)58-59-64)40(81-17)63-15-55-27-34(49)51-13-53-36(27)63)19(82-37(23)60-4-1-21(46)56-41(60)66)10-80-91(75,76)87-32-20(83-38(24(32)44)61-5-2-22(47)57-42(61)67)11-79-90(73,74)85-30-18(9-77-88(68,69)70)84-39(25(30)45)62-14-54-26-33(48)50-12-52-35(26)62/h1-2,4-5,7,12-15,17-20,23-25,28-32,37-40,65,92H,3,6,8-11H2,(H,71,72)(H,73,74)(H,75,76)(H2,46,56,66)(H2,47,57,67)(H2,48,50,52)(H2,49,51,53)(H2,68,69,70)/t17-,18-,19-,20-,23+,24+,25+,28-,29-,30-,31-,32-,37-,38-,39-,40-/m1/s1. The molecule has 19 atom stereocenters. The summed E-state index contributed by atoms with van der Waals surface area (Å²) in [5.74, 6) is -0.504. The van der Waals surface area contributed by atoms with Gasteiger partial charge in [0.1, 0.15) is 90.2 Å². The highest BCUT2D eigenvalue weighted by Crippen LogP contribution is 2.55. The number of nitrogens with zero attached hydrogens (tertiary/aromatic N) is 15. The van der Waals surface area contributed by atoms with E-state index in [1.54, 1.807) is 0 Å². The van der Waals surface area contributed by atoms with E-state index in [0.29, 0.717) is 27.0 Å². The molecule has 500 valence electrons. The molecule has 11 rings (SSSR count). The third kappa shape index (κ3) is 14.2. The van der Waals surface area contributed by atoms with Gasteiger partial charge in [0.05, 0.1) is 44.8 Å². The smallest absolute Gasteiger partial charge is 0.388 e. The maximum Gasteiger partial charge on any atom is 0.472 e. The van der Waals surface area contributed by atoms with Gasteiger partial charge in [0.15, 0.2) is 66.4 Å². The molecular formula is C42H52F3N19O23P4S. The molecule has 50 heteroatoms. The Hall–Kier alpha value is -6.42. The fourth-order valence-electron chi connectivity index (χ4n) is 10.2. The van der Waals surface area contributed by atoms with Crippen LogP contribution >= 0.6 is 43.9 Å². The van der Waals surface area contributed by atoms with Gasteiger partial charge >= 0.3 is 42.7 Å². The van der Waals surface area contributed by atoms with Gasteiger partial charge in [0.2, 0.25) is 0 Å². The average molecular weight is 1400 g/mol. The quantitative estimate of drug-likeness (QED) is 0.0227. The predicted molar refractivity (Wildman–Crippen MR) is 298 cm³/mol. The first-order chi connectivity index (χ1) is 43.5. The van der Waals surface area contributed by atoms with Crippen molar-refractivity contribution in [2.24, 2.45) is 0 Å². The number of hydrogen-bond acceptors (Lipinski definition) is 33. The summed E-state index contributed by atoms with van der Waals surface area (Å²) < 4.78 is 167. The summed E-state index contributed by atoms with van der Waals surface area (Å²) in [7, 11) is -22.8. The SMILES string of the molecule is Nc1ccn([C@@H]2O[C@H](COP(=O)(O)O[C@H]3[C@H](F)[C@H](n4ccc(N)nc4=O)O[C@@H]3COP(=O)(O)O[C@H]3[C@H](F)[C@H](n4cnc5c(N)ncnc54)O[C@@H]3COP(=O)(O)O)[C@@H](OP(=O)(O)OC[C@H]3O[C@@H](n4cnc5c(N)ncnc54)[C@H](n4cc(CCS)nn4)[C@@H]3O)[C@@H]2F)c(=O)n1. The van der Waals surface area contributed by atoms with Gasteiger partial charge in [-0.2, -0.15) is 22.6 Å². The molecule has 0 spiro atoms. The minimum Gasteiger partial charge on any atom is -0.388 e. The largest absolute Gasteiger partial charge is 0.472 e. The first-order valence-electron chi connectivity index (χ1n) is 26.5. The summed E-state index contributed by atoms with van der Waals surface area (Å²) in [6, 6.07) is 0.851. The molecule has 0 aromatic carbocycles. The van der Waals surface area contributed by atoms with E-state index in [1.165, 1.54) is 21.8 Å². The van der Waals surface area contributed by atoms with Gasteiger partial charge in [0.25, 0.3) is 0 Å². The third-order valence-electron chi connectivity index (χ3n) is 14.3. The molecule has 0 amide bonds. The Morgan fingerprint density at radius 2 is 0.967 bits per heavy atom. The van der Waals surface area contributed by atoms with E-state index < -0.39 is 167 Å². The monoisotopic (exact) mass is 1400 g/mol. The van der Waals surface area contributed by atoms with Crippen molar-refractivity contribution >= 4 is 89.5 Å². The van der Waals surface area contributed by atoms with E-state index in [4.69, 9.17) is 69.0 Å². The van der Waals surface area contributed by atoms with Crippen LogP contribution in [0.15, 0.2) is 65.6 Å². The van der Waals surface area contributed by atoms with Crippen LogP contribution in [-0.2, 0) is 75.3 Å². The molecule has 42 nitrogen and oxygen atoms in total. The van der Waals surface area contributed by atoms with Crippen LogP contribution < -0.4 is 34.3 Å². The van der Waals surface area contributed by atoms with Crippen LogP contribution in [0.1, 0.15) is 36.6 Å².